The summed E-state index contributed by atoms with van der Waals surface area (Å²) in [6.45, 7) is 2.58. The van der Waals surface area contributed by atoms with Gasteiger partial charge in [0.25, 0.3) is 5.91 Å². The summed E-state index contributed by atoms with van der Waals surface area (Å²) in [6, 6.07) is 4.74. The smallest absolute Gasteiger partial charge is 0.258 e. The highest BCUT2D eigenvalue weighted by Crippen LogP contribution is 2.26. The molecule has 0 unspecified atom stereocenters. The minimum atomic E-state index is -3.17. The maximum absolute atomic E-state index is 12.0. The van der Waals surface area contributed by atoms with Gasteiger partial charge < -0.3 is 10.1 Å². The molecule has 1 N–H and O–H groups in total. The molecular weight excluding hydrogens is 387 g/mol. The fraction of sp³-hybridized carbons (Fsp3) is 0.562. The zero-order valence-electron chi connectivity index (χ0n) is 14.0. The van der Waals surface area contributed by atoms with Crippen molar-refractivity contribution in [2.24, 2.45) is 0 Å². The Bertz CT molecular complexity index is 704. The van der Waals surface area contributed by atoms with Crippen LogP contribution in [0.3, 0.4) is 0 Å². The van der Waals surface area contributed by atoms with Crippen molar-refractivity contribution in [3.05, 3.63) is 28.2 Å². The third-order valence-corrected chi connectivity index (χ3v) is 6.75. The summed E-state index contributed by atoms with van der Waals surface area (Å²) in [7, 11) is -3.17. The van der Waals surface area contributed by atoms with Crippen LogP contribution in [-0.2, 0) is 14.8 Å². The van der Waals surface area contributed by atoms with Gasteiger partial charge in [-0.3, -0.25) is 4.79 Å². The number of sulfonamides is 1. The van der Waals surface area contributed by atoms with E-state index < -0.39 is 10.0 Å². The monoisotopic (exact) mass is 408 g/mol. The van der Waals surface area contributed by atoms with Gasteiger partial charge in [0, 0.05) is 25.2 Å². The molecular formula is C16H22Cl2N2O4S. The Morgan fingerprint density at radius 1 is 1.28 bits per heavy atom. The second kappa shape index (κ2) is 9.07. The number of amides is 1. The van der Waals surface area contributed by atoms with E-state index in [2.05, 4.69) is 5.32 Å². The second-order valence-electron chi connectivity index (χ2n) is 5.92. The van der Waals surface area contributed by atoms with E-state index in [9.17, 15) is 13.2 Å². The normalized spacial score (nSPS) is 16.6. The highest BCUT2D eigenvalue weighted by Gasteiger charge is 2.27. The van der Waals surface area contributed by atoms with Gasteiger partial charge in [-0.05, 0) is 31.4 Å². The average Bonchev–Trinajstić information content (AvgIpc) is 2.56. The summed E-state index contributed by atoms with van der Waals surface area (Å²) >= 11 is 11.7. The van der Waals surface area contributed by atoms with Crippen LogP contribution in [0.25, 0.3) is 0 Å². The van der Waals surface area contributed by atoms with Gasteiger partial charge in [-0.1, -0.05) is 30.1 Å². The van der Waals surface area contributed by atoms with Crippen LogP contribution in [0.1, 0.15) is 26.2 Å². The Kier molecular flexibility index (Phi) is 7.37. The molecule has 9 heteroatoms. The molecule has 1 aliphatic heterocycles. The van der Waals surface area contributed by atoms with E-state index in [1.54, 1.807) is 18.2 Å². The van der Waals surface area contributed by atoms with Crippen molar-refractivity contribution >= 4 is 39.1 Å². The van der Waals surface area contributed by atoms with Gasteiger partial charge in [-0.25, -0.2) is 12.7 Å². The number of hydrogen-bond acceptors (Lipinski definition) is 4. The topological polar surface area (TPSA) is 75.7 Å². The number of carbonyl (C=O) groups excluding carboxylic acids is 1. The minimum absolute atomic E-state index is 0.0435. The van der Waals surface area contributed by atoms with Crippen LogP contribution in [-0.4, -0.2) is 50.1 Å². The number of benzene rings is 1. The Morgan fingerprint density at radius 2 is 1.96 bits per heavy atom. The van der Waals surface area contributed by atoms with Crippen LogP contribution < -0.4 is 10.1 Å². The number of carbonyl (C=O) groups is 1. The third-order valence-electron chi connectivity index (χ3n) is 3.94. The molecule has 1 fully saturated rings. The number of hydrogen-bond donors (Lipinski definition) is 1. The quantitative estimate of drug-likeness (QED) is 0.752. The highest BCUT2D eigenvalue weighted by molar-refractivity contribution is 7.89. The largest absolute Gasteiger partial charge is 0.484 e. The Labute approximate surface area is 158 Å². The third kappa shape index (κ3) is 6.02. The lowest BCUT2D eigenvalue weighted by molar-refractivity contribution is -0.124. The van der Waals surface area contributed by atoms with Gasteiger partial charge in [0.2, 0.25) is 10.0 Å². The van der Waals surface area contributed by atoms with Crippen molar-refractivity contribution in [2.75, 3.05) is 25.4 Å². The standard InChI is InChI=1S/C16H22Cl2N2O4S/c1-2-9-25(22,23)20-7-5-12(6-8-20)19-16(21)11-24-13-3-4-14(17)15(18)10-13/h3-4,10,12H,2,5-9,11H2,1H3,(H,19,21). The Morgan fingerprint density at radius 3 is 2.56 bits per heavy atom. The van der Waals surface area contributed by atoms with Crippen LogP contribution >= 0.6 is 23.2 Å². The molecule has 0 saturated carbocycles. The molecule has 1 aromatic carbocycles. The van der Waals surface area contributed by atoms with Crippen LogP contribution in [0.2, 0.25) is 10.0 Å². The number of piperidine rings is 1. The van der Waals surface area contributed by atoms with Crippen LogP contribution in [0, 0.1) is 0 Å². The molecule has 1 amide bonds. The van der Waals surface area contributed by atoms with Crippen molar-refractivity contribution in [3.8, 4) is 5.75 Å². The van der Waals surface area contributed by atoms with Crippen LogP contribution in [0.15, 0.2) is 18.2 Å². The zero-order chi connectivity index (χ0) is 18.4. The SMILES string of the molecule is CCCS(=O)(=O)N1CCC(NC(=O)COc2ccc(Cl)c(Cl)c2)CC1. The summed E-state index contributed by atoms with van der Waals surface area (Å²) in [5, 5.41) is 3.66. The molecule has 25 heavy (non-hydrogen) atoms. The molecule has 0 aromatic heterocycles. The summed E-state index contributed by atoms with van der Waals surface area (Å²) in [5.74, 6) is 0.382. The first-order valence-corrected chi connectivity index (χ1v) is 10.5. The number of nitrogens with zero attached hydrogens (tertiary/aromatic N) is 1. The van der Waals surface area contributed by atoms with Crippen molar-refractivity contribution in [1.29, 1.82) is 0 Å². The van der Waals surface area contributed by atoms with Gasteiger partial charge in [-0.15, -0.1) is 0 Å². The number of ether oxygens (including phenoxy) is 1. The maximum Gasteiger partial charge on any atom is 0.258 e. The lowest BCUT2D eigenvalue weighted by Gasteiger charge is -2.31. The van der Waals surface area contributed by atoms with E-state index in [1.807, 2.05) is 6.92 Å². The molecule has 1 aromatic rings. The van der Waals surface area contributed by atoms with E-state index in [-0.39, 0.29) is 24.3 Å². The molecule has 2 rings (SSSR count). The van der Waals surface area contributed by atoms with E-state index >= 15 is 0 Å². The minimum Gasteiger partial charge on any atom is -0.484 e. The van der Waals surface area contributed by atoms with Crippen molar-refractivity contribution in [1.82, 2.24) is 9.62 Å². The van der Waals surface area contributed by atoms with Gasteiger partial charge in [0.15, 0.2) is 6.61 Å². The van der Waals surface area contributed by atoms with Gasteiger partial charge in [0.05, 0.1) is 15.8 Å². The Balaban J connectivity index is 1.76. The summed E-state index contributed by atoms with van der Waals surface area (Å²) < 4.78 is 30.9. The van der Waals surface area contributed by atoms with Gasteiger partial charge >= 0.3 is 0 Å². The molecule has 6 nitrogen and oxygen atoms in total. The predicted octanol–water partition coefficient (Wildman–Crippen LogP) is 2.69. The Hall–Kier alpha value is -1.02. The van der Waals surface area contributed by atoms with E-state index in [4.69, 9.17) is 27.9 Å². The van der Waals surface area contributed by atoms with Crippen LogP contribution in [0.4, 0.5) is 0 Å². The molecule has 0 aliphatic carbocycles. The first-order chi connectivity index (χ1) is 11.8. The number of halogens is 2. The summed E-state index contributed by atoms with van der Waals surface area (Å²) in [4.78, 5) is 12.0. The zero-order valence-corrected chi connectivity index (χ0v) is 16.3. The predicted molar refractivity (Wildman–Crippen MR) is 98.8 cm³/mol. The molecule has 1 heterocycles. The molecule has 1 saturated heterocycles. The number of nitrogens with one attached hydrogen (secondary N) is 1. The first kappa shape index (κ1) is 20.3. The fourth-order valence-electron chi connectivity index (χ4n) is 2.65. The lowest BCUT2D eigenvalue weighted by Crippen LogP contribution is -2.47. The number of rotatable bonds is 7. The van der Waals surface area contributed by atoms with Gasteiger partial charge in [0.1, 0.15) is 5.75 Å². The molecule has 0 bridgehead atoms. The summed E-state index contributed by atoms with van der Waals surface area (Å²) in [5.41, 5.74) is 0. The van der Waals surface area contributed by atoms with Crippen LogP contribution in [0.5, 0.6) is 5.75 Å². The fourth-order valence-corrected chi connectivity index (χ4v) is 4.48. The summed E-state index contributed by atoms with van der Waals surface area (Å²) in [6.07, 6.45) is 1.80. The maximum atomic E-state index is 12.0. The van der Waals surface area contributed by atoms with E-state index in [0.717, 1.165) is 0 Å². The lowest BCUT2D eigenvalue weighted by atomic mass is 10.1. The molecule has 140 valence electrons. The van der Waals surface area contributed by atoms with Gasteiger partial charge in [-0.2, -0.15) is 0 Å². The van der Waals surface area contributed by atoms with Crippen molar-refractivity contribution < 1.29 is 17.9 Å². The molecule has 1 aliphatic rings. The van der Waals surface area contributed by atoms with Crippen molar-refractivity contribution in [2.45, 2.75) is 32.2 Å². The molecule has 0 atom stereocenters. The average molecular weight is 409 g/mol. The van der Waals surface area contributed by atoms with E-state index in [1.165, 1.54) is 4.31 Å². The second-order valence-corrected chi connectivity index (χ2v) is 8.82. The highest BCUT2D eigenvalue weighted by atomic mass is 35.5. The van der Waals surface area contributed by atoms with Crippen molar-refractivity contribution in [3.63, 3.8) is 0 Å². The molecule has 0 spiro atoms. The van der Waals surface area contributed by atoms with E-state index in [0.29, 0.717) is 48.1 Å². The molecule has 0 radical (unpaired) electrons. The first-order valence-electron chi connectivity index (χ1n) is 8.17.